The summed E-state index contributed by atoms with van der Waals surface area (Å²) >= 11 is 0. The predicted octanol–water partition coefficient (Wildman–Crippen LogP) is 3.66. The maximum Gasteiger partial charge on any atom is 0.122 e. The van der Waals surface area contributed by atoms with Gasteiger partial charge in [0, 0.05) is 0 Å². The highest BCUT2D eigenvalue weighted by Crippen LogP contribution is 2.28. The summed E-state index contributed by atoms with van der Waals surface area (Å²) < 4.78 is 5.84. The van der Waals surface area contributed by atoms with Crippen molar-refractivity contribution in [2.24, 2.45) is 5.73 Å². The van der Waals surface area contributed by atoms with Crippen LogP contribution in [0.3, 0.4) is 0 Å². The van der Waals surface area contributed by atoms with Crippen molar-refractivity contribution in [3.8, 4) is 5.75 Å². The molecule has 1 rings (SSSR count). The average molecular weight is 249 g/mol. The molecule has 0 aliphatic carbocycles. The zero-order valence-corrected chi connectivity index (χ0v) is 12.3. The van der Waals surface area contributed by atoms with Crippen LogP contribution in [-0.2, 0) is 11.8 Å². The van der Waals surface area contributed by atoms with E-state index in [9.17, 15) is 0 Å². The Morgan fingerprint density at radius 2 is 1.94 bits per heavy atom. The second kappa shape index (κ2) is 6.79. The highest BCUT2D eigenvalue weighted by atomic mass is 16.5. The van der Waals surface area contributed by atoms with Crippen molar-refractivity contribution in [2.75, 3.05) is 13.2 Å². The minimum Gasteiger partial charge on any atom is -0.493 e. The van der Waals surface area contributed by atoms with Crippen LogP contribution < -0.4 is 10.5 Å². The number of nitrogens with two attached hydrogens (primary N) is 1. The van der Waals surface area contributed by atoms with Gasteiger partial charge in [0.1, 0.15) is 5.75 Å². The molecule has 0 aliphatic rings. The summed E-state index contributed by atoms with van der Waals surface area (Å²) in [4.78, 5) is 0. The Morgan fingerprint density at radius 3 is 2.50 bits per heavy atom. The van der Waals surface area contributed by atoms with Gasteiger partial charge in [0.05, 0.1) is 6.61 Å². The average Bonchev–Trinajstić information content (AvgIpc) is 2.30. The standard InChI is InChI=1S/C16H27NO/c1-5-6-11-18-15-8-7-14(16(2,3)4)12-13(15)9-10-17/h7-8,12H,5-6,9-11,17H2,1-4H3. The van der Waals surface area contributed by atoms with Crippen molar-refractivity contribution in [2.45, 2.75) is 52.4 Å². The molecule has 1 aromatic rings. The van der Waals surface area contributed by atoms with E-state index in [4.69, 9.17) is 10.5 Å². The van der Waals surface area contributed by atoms with Crippen molar-refractivity contribution in [3.05, 3.63) is 29.3 Å². The minimum atomic E-state index is 0.172. The number of rotatable bonds is 6. The molecular formula is C16H27NO. The molecular weight excluding hydrogens is 222 g/mol. The molecule has 0 aromatic heterocycles. The second-order valence-electron chi connectivity index (χ2n) is 5.81. The Labute approximate surface area is 112 Å². The van der Waals surface area contributed by atoms with E-state index in [-0.39, 0.29) is 5.41 Å². The summed E-state index contributed by atoms with van der Waals surface area (Å²) in [6.45, 7) is 10.3. The lowest BCUT2D eigenvalue weighted by molar-refractivity contribution is 0.306. The maximum atomic E-state index is 5.84. The van der Waals surface area contributed by atoms with Gasteiger partial charge in [-0.05, 0) is 42.0 Å². The van der Waals surface area contributed by atoms with Crippen LogP contribution in [0.25, 0.3) is 0 Å². The van der Waals surface area contributed by atoms with Crippen LogP contribution in [0, 0.1) is 0 Å². The van der Waals surface area contributed by atoms with Crippen molar-refractivity contribution < 1.29 is 4.74 Å². The number of hydrogen-bond donors (Lipinski definition) is 1. The molecule has 0 spiro atoms. The van der Waals surface area contributed by atoms with E-state index < -0.39 is 0 Å². The van der Waals surface area contributed by atoms with E-state index in [1.807, 2.05) is 0 Å². The summed E-state index contributed by atoms with van der Waals surface area (Å²) in [6.07, 6.45) is 3.14. The van der Waals surface area contributed by atoms with Crippen LogP contribution >= 0.6 is 0 Å². The van der Waals surface area contributed by atoms with E-state index in [1.165, 1.54) is 11.1 Å². The van der Waals surface area contributed by atoms with Crippen LogP contribution in [-0.4, -0.2) is 13.2 Å². The van der Waals surface area contributed by atoms with Gasteiger partial charge in [0.15, 0.2) is 0 Å². The normalized spacial score (nSPS) is 11.6. The number of unbranched alkanes of at least 4 members (excludes halogenated alkanes) is 1. The first-order valence-corrected chi connectivity index (χ1v) is 6.95. The molecule has 0 amide bonds. The van der Waals surface area contributed by atoms with E-state index in [0.29, 0.717) is 6.54 Å². The zero-order chi connectivity index (χ0) is 13.6. The van der Waals surface area contributed by atoms with E-state index in [2.05, 4.69) is 45.9 Å². The molecule has 18 heavy (non-hydrogen) atoms. The van der Waals surface area contributed by atoms with Crippen LogP contribution in [0.1, 0.15) is 51.7 Å². The topological polar surface area (TPSA) is 35.2 Å². The van der Waals surface area contributed by atoms with Crippen molar-refractivity contribution >= 4 is 0 Å². The van der Waals surface area contributed by atoms with E-state index in [1.54, 1.807) is 0 Å². The van der Waals surface area contributed by atoms with Crippen molar-refractivity contribution in [1.82, 2.24) is 0 Å². The molecule has 2 N–H and O–H groups in total. The molecule has 0 radical (unpaired) electrons. The summed E-state index contributed by atoms with van der Waals surface area (Å²) in [5, 5.41) is 0. The predicted molar refractivity (Wildman–Crippen MR) is 78.3 cm³/mol. The third kappa shape index (κ3) is 4.34. The smallest absolute Gasteiger partial charge is 0.122 e. The van der Waals surface area contributed by atoms with Gasteiger partial charge in [-0.2, -0.15) is 0 Å². The maximum absolute atomic E-state index is 5.84. The number of benzene rings is 1. The largest absolute Gasteiger partial charge is 0.493 e. The Hall–Kier alpha value is -1.02. The Bertz CT molecular complexity index is 366. The van der Waals surface area contributed by atoms with Gasteiger partial charge in [0.25, 0.3) is 0 Å². The molecule has 2 heteroatoms. The van der Waals surface area contributed by atoms with Gasteiger partial charge in [0.2, 0.25) is 0 Å². The molecule has 0 saturated carbocycles. The third-order valence-electron chi connectivity index (χ3n) is 3.10. The molecule has 102 valence electrons. The fraction of sp³-hybridized carbons (Fsp3) is 0.625. The first kappa shape index (κ1) is 15.0. The van der Waals surface area contributed by atoms with Crippen LogP contribution in [0.5, 0.6) is 5.75 Å². The van der Waals surface area contributed by atoms with Crippen molar-refractivity contribution in [3.63, 3.8) is 0 Å². The molecule has 0 bridgehead atoms. The highest BCUT2D eigenvalue weighted by Gasteiger charge is 2.15. The molecule has 2 nitrogen and oxygen atoms in total. The molecule has 0 heterocycles. The molecule has 0 unspecified atom stereocenters. The lowest BCUT2D eigenvalue weighted by Gasteiger charge is -2.21. The first-order valence-electron chi connectivity index (χ1n) is 6.95. The Kier molecular flexibility index (Phi) is 5.67. The zero-order valence-electron chi connectivity index (χ0n) is 12.3. The van der Waals surface area contributed by atoms with Gasteiger partial charge >= 0.3 is 0 Å². The van der Waals surface area contributed by atoms with Gasteiger partial charge in [-0.3, -0.25) is 0 Å². The Morgan fingerprint density at radius 1 is 1.22 bits per heavy atom. The molecule has 1 aromatic carbocycles. The molecule has 0 aliphatic heterocycles. The number of ether oxygens (including phenoxy) is 1. The minimum absolute atomic E-state index is 0.172. The van der Waals surface area contributed by atoms with Crippen LogP contribution in [0.15, 0.2) is 18.2 Å². The summed E-state index contributed by atoms with van der Waals surface area (Å²) in [5.74, 6) is 1.00. The summed E-state index contributed by atoms with van der Waals surface area (Å²) in [7, 11) is 0. The van der Waals surface area contributed by atoms with Crippen LogP contribution in [0.2, 0.25) is 0 Å². The van der Waals surface area contributed by atoms with Gasteiger partial charge in [-0.15, -0.1) is 0 Å². The fourth-order valence-corrected chi connectivity index (χ4v) is 1.86. The second-order valence-corrected chi connectivity index (χ2v) is 5.81. The summed E-state index contributed by atoms with van der Waals surface area (Å²) in [6, 6.07) is 6.51. The van der Waals surface area contributed by atoms with E-state index in [0.717, 1.165) is 31.6 Å². The monoisotopic (exact) mass is 249 g/mol. The molecule has 0 fully saturated rings. The fourth-order valence-electron chi connectivity index (χ4n) is 1.86. The lowest BCUT2D eigenvalue weighted by atomic mass is 9.85. The van der Waals surface area contributed by atoms with Gasteiger partial charge in [-0.25, -0.2) is 0 Å². The van der Waals surface area contributed by atoms with E-state index >= 15 is 0 Å². The summed E-state index contributed by atoms with van der Waals surface area (Å²) in [5.41, 5.74) is 8.44. The van der Waals surface area contributed by atoms with Crippen LogP contribution in [0.4, 0.5) is 0 Å². The Balaban J connectivity index is 2.90. The van der Waals surface area contributed by atoms with Gasteiger partial charge < -0.3 is 10.5 Å². The first-order chi connectivity index (χ1) is 8.49. The SMILES string of the molecule is CCCCOc1ccc(C(C)(C)C)cc1CCN. The third-order valence-corrected chi connectivity index (χ3v) is 3.10. The van der Waals surface area contributed by atoms with Gasteiger partial charge in [-0.1, -0.05) is 46.2 Å². The molecule has 0 atom stereocenters. The highest BCUT2D eigenvalue weighted by molar-refractivity contribution is 5.40. The quantitative estimate of drug-likeness (QED) is 0.781. The molecule has 0 saturated heterocycles. The number of hydrogen-bond acceptors (Lipinski definition) is 2. The van der Waals surface area contributed by atoms with Crippen molar-refractivity contribution in [1.29, 1.82) is 0 Å². The lowest BCUT2D eigenvalue weighted by Crippen LogP contribution is -2.13.